The summed E-state index contributed by atoms with van der Waals surface area (Å²) in [6.45, 7) is 4.24. The van der Waals surface area contributed by atoms with Gasteiger partial charge >= 0.3 is 0 Å². The van der Waals surface area contributed by atoms with Gasteiger partial charge in [0.1, 0.15) is 21.9 Å². The maximum Gasteiger partial charge on any atom is 0.142 e. The summed E-state index contributed by atoms with van der Waals surface area (Å²) >= 11 is 12.3. The first-order chi connectivity index (χ1) is 9.49. The van der Waals surface area contributed by atoms with Crippen molar-refractivity contribution in [1.82, 2.24) is 9.97 Å². The van der Waals surface area contributed by atoms with Crippen LogP contribution in [0.5, 0.6) is 0 Å². The third-order valence-electron chi connectivity index (χ3n) is 2.96. The van der Waals surface area contributed by atoms with Crippen molar-refractivity contribution in [3.63, 3.8) is 0 Å². The van der Waals surface area contributed by atoms with Gasteiger partial charge in [-0.15, -0.1) is 0 Å². The second-order valence-electron chi connectivity index (χ2n) is 5.01. The molecule has 0 unspecified atom stereocenters. The average molecular weight is 313 g/mol. The molecule has 0 saturated carbocycles. The molecule has 20 heavy (non-hydrogen) atoms. The van der Waals surface area contributed by atoms with E-state index in [1.165, 1.54) is 6.07 Å². The molecule has 2 aromatic rings. The zero-order valence-electron chi connectivity index (χ0n) is 11.3. The first-order valence-corrected chi connectivity index (χ1v) is 7.21. The van der Waals surface area contributed by atoms with Crippen molar-refractivity contribution in [3.05, 3.63) is 46.2 Å². The van der Waals surface area contributed by atoms with E-state index >= 15 is 0 Å². The molecule has 0 radical (unpaired) electrons. The Morgan fingerprint density at radius 1 is 1.10 bits per heavy atom. The van der Waals surface area contributed by atoms with Gasteiger partial charge in [-0.1, -0.05) is 55.2 Å². The second-order valence-corrected chi connectivity index (χ2v) is 5.72. The van der Waals surface area contributed by atoms with Crippen LogP contribution in [0.4, 0.5) is 4.39 Å². The van der Waals surface area contributed by atoms with Crippen molar-refractivity contribution in [2.24, 2.45) is 5.92 Å². The summed E-state index contributed by atoms with van der Waals surface area (Å²) in [6.07, 6.45) is 1.65. The standard InChI is InChI=1S/C15H15Cl2FN2/c1-9(2)7-8-12-19-14(16)13(15(17)20-12)10-5-3-4-6-11(10)18/h3-6,9H,7-8H2,1-2H3. The van der Waals surface area contributed by atoms with Crippen LogP contribution in [0, 0.1) is 11.7 Å². The van der Waals surface area contributed by atoms with Crippen molar-refractivity contribution < 1.29 is 4.39 Å². The highest BCUT2D eigenvalue weighted by atomic mass is 35.5. The van der Waals surface area contributed by atoms with Gasteiger partial charge in [-0.05, 0) is 18.4 Å². The van der Waals surface area contributed by atoms with Crippen LogP contribution in [-0.2, 0) is 6.42 Å². The largest absolute Gasteiger partial charge is 0.220 e. The number of rotatable bonds is 4. The molecule has 0 bridgehead atoms. The first kappa shape index (κ1) is 15.2. The van der Waals surface area contributed by atoms with Gasteiger partial charge < -0.3 is 0 Å². The van der Waals surface area contributed by atoms with Crippen molar-refractivity contribution in [2.75, 3.05) is 0 Å². The number of nitrogens with zero attached hydrogens (tertiary/aromatic N) is 2. The van der Waals surface area contributed by atoms with E-state index in [0.29, 0.717) is 29.3 Å². The maximum absolute atomic E-state index is 13.8. The first-order valence-electron chi connectivity index (χ1n) is 6.46. The van der Waals surface area contributed by atoms with E-state index in [9.17, 15) is 4.39 Å². The molecule has 0 amide bonds. The van der Waals surface area contributed by atoms with E-state index in [-0.39, 0.29) is 10.3 Å². The molecule has 1 heterocycles. The highest BCUT2D eigenvalue weighted by Gasteiger charge is 2.16. The SMILES string of the molecule is CC(C)CCc1nc(Cl)c(-c2ccccc2F)c(Cl)n1. The molecule has 1 aromatic carbocycles. The fraction of sp³-hybridized carbons (Fsp3) is 0.333. The predicted octanol–water partition coefficient (Wildman–Crippen LogP) is 5.18. The molecule has 0 saturated heterocycles. The average Bonchev–Trinajstić information content (AvgIpc) is 2.38. The van der Waals surface area contributed by atoms with Crippen LogP contribution in [0.25, 0.3) is 11.1 Å². The van der Waals surface area contributed by atoms with E-state index in [1.54, 1.807) is 18.2 Å². The molecule has 106 valence electrons. The highest BCUT2D eigenvalue weighted by Crippen LogP contribution is 2.34. The van der Waals surface area contributed by atoms with Crippen LogP contribution >= 0.6 is 23.2 Å². The maximum atomic E-state index is 13.8. The van der Waals surface area contributed by atoms with E-state index in [4.69, 9.17) is 23.2 Å². The Morgan fingerprint density at radius 3 is 2.25 bits per heavy atom. The molecule has 0 aliphatic carbocycles. The minimum Gasteiger partial charge on any atom is -0.220 e. The molecule has 0 N–H and O–H groups in total. The minimum atomic E-state index is -0.394. The Bertz CT molecular complexity index is 592. The van der Waals surface area contributed by atoms with Crippen molar-refractivity contribution in [3.8, 4) is 11.1 Å². The van der Waals surface area contributed by atoms with Crippen LogP contribution in [-0.4, -0.2) is 9.97 Å². The smallest absolute Gasteiger partial charge is 0.142 e. The summed E-state index contributed by atoms with van der Waals surface area (Å²) in [5.74, 6) is 0.742. The summed E-state index contributed by atoms with van der Waals surface area (Å²) in [4.78, 5) is 8.45. The molecule has 2 nitrogen and oxygen atoms in total. The van der Waals surface area contributed by atoms with Crippen LogP contribution < -0.4 is 0 Å². The van der Waals surface area contributed by atoms with Gasteiger partial charge in [0.15, 0.2) is 0 Å². The molecule has 0 spiro atoms. The molecule has 0 aliphatic heterocycles. The minimum absolute atomic E-state index is 0.189. The number of hydrogen-bond donors (Lipinski definition) is 0. The van der Waals surface area contributed by atoms with E-state index < -0.39 is 5.82 Å². The lowest BCUT2D eigenvalue weighted by Crippen LogP contribution is -2.01. The van der Waals surface area contributed by atoms with Crippen LogP contribution in [0.15, 0.2) is 24.3 Å². The summed E-state index contributed by atoms with van der Waals surface area (Å²) in [5.41, 5.74) is 0.664. The van der Waals surface area contributed by atoms with Gasteiger partial charge in [0, 0.05) is 12.0 Å². The monoisotopic (exact) mass is 312 g/mol. The molecular formula is C15H15Cl2FN2. The second kappa shape index (κ2) is 6.51. The normalized spacial score (nSPS) is 11.1. The highest BCUT2D eigenvalue weighted by molar-refractivity contribution is 6.37. The Kier molecular flexibility index (Phi) is 4.95. The molecule has 1 aromatic heterocycles. The summed E-state index contributed by atoms with van der Waals surface area (Å²) < 4.78 is 13.8. The predicted molar refractivity (Wildman–Crippen MR) is 80.6 cm³/mol. The van der Waals surface area contributed by atoms with E-state index in [0.717, 1.165) is 6.42 Å². The van der Waals surface area contributed by atoms with Crippen molar-refractivity contribution >= 4 is 23.2 Å². The number of benzene rings is 1. The molecule has 2 rings (SSSR count). The summed E-state index contributed by atoms with van der Waals surface area (Å²) in [7, 11) is 0. The van der Waals surface area contributed by atoms with Crippen LogP contribution in [0.3, 0.4) is 0 Å². The number of aryl methyl sites for hydroxylation is 1. The lowest BCUT2D eigenvalue weighted by Gasteiger charge is -2.10. The number of halogens is 3. The van der Waals surface area contributed by atoms with E-state index in [2.05, 4.69) is 23.8 Å². The summed E-state index contributed by atoms with van der Waals surface area (Å²) in [6, 6.07) is 6.30. The van der Waals surface area contributed by atoms with Gasteiger partial charge in [0.25, 0.3) is 0 Å². The fourth-order valence-corrected chi connectivity index (χ4v) is 2.49. The van der Waals surface area contributed by atoms with Gasteiger partial charge in [-0.2, -0.15) is 0 Å². The van der Waals surface area contributed by atoms with Gasteiger partial charge in [0.05, 0.1) is 5.56 Å². The molecular weight excluding hydrogens is 298 g/mol. The third kappa shape index (κ3) is 3.47. The zero-order valence-corrected chi connectivity index (χ0v) is 12.8. The van der Waals surface area contributed by atoms with Gasteiger partial charge in [0.2, 0.25) is 0 Å². The molecule has 0 fully saturated rings. The summed E-state index contributed by atoms with van der Waals surface area (Å²) in [5, 5.41) is 0.378. The fourth-order valence-electron chi connectivity index (χ4n) is 1.86. The zero-order chi connectivity index (χ0) is 14.7. The third-order valence-corrected chi connectivity index (χ3v) is 3.50. The Hall–Kier alpha value is -1.19. The quantitative estimate of drug-likeness (QED) is 0.727. The van der Waals surface area contributed by atoms with Crippen LogP contribution in [0.1, 0.15) is 26.1 Å². The Balaban J connectivity index is 2.39. The number of hydrogen-bond acceptors (Lipinski definition) is 2. The topological polar surface area (TPSA) is 25.8 Å². The molecule has 0 atom stereocenters. The van der Waals surface area contributed by atoms with Crippen molar-refractivity contribution in [2.45, 2.75) is 26.7 Å². The van der Waals surface area contributed by atoms with Gasteiger partial charge in [-0.3, -0.25) is 0 Å². The molecule has 0 aliphatic rings. The lowest BCUT2D eigenvalue weighted by atomic mass is 10.1. The molecule has 5 heteroatoms. The Morgan fingerprint density at radius 2 is 1.70 bits per heavy atom. The number of aromatic nitrogens is 2. The lowest BCUT2D eigenvalue weighted by molar-refractivity contribution is 0.574. The van der Waals surface area contributed by atoms with E-state index in [1.807, 2.05) is 0 Å². The Labute approximate surface area is 128 Å². The van der Waals surface area contributed by atoms with Gasteiger partial charge in [-0.25, -0.2) is 14.4 Å². The van der Waals surface area contributed by atoms with Crippen LogP contribution in [0.2, 0.25) is 10.3 Å². The van der Waals surface area contributed by atoms with Crippen molar-refractivity contribution in [1.29, 1.82) is 0 Å².